The van der Waals surface area contributed by atoms with Gasteiger partial charge in [-0.05, 0) is 79.9 Å². The number of methoxy groups -OCH3 is 2. The molecule has 543 valence electrons. The van der Waals surface area contributed by atoms with E-state index < -0.39 is 11.6 Å². The van der Waals surface area contributed by atoms with Gasteiger partial charge in [-0.15, -0.1) is 78.0 Å². The molecule has 0 atom stereocenters. The zero-order valence-corrected chi connectivity index (χ0v) is 67.9. The first-order valence-corrected chi connectivity index (χ1v) is 33.2. The summed E-state index contributed by atoms with van der Waals surface area (Å²) >= 11 is 1.70. The van der Waals surface area contributed by atoms with Crippen LogP contribution in [-0.2, 0) is 88.5 Å². The van der Waals surface area contributed by atoms with E-state index in [9.17, 15) is 8.78 Å². The van der Waals surface area contributed by atoms with Gasteiger partial charge in [-0.3, -0.25) is 18.7 Å². The van der Waals surface area contributed by atoms with Crippen molar-refractivity contribution in [2.24, 2.45) is 28.2 Å². The van der Waals surface area contributed by atoms with Crippen LogP contribution in [-0.4, -0.2) is 90.6 Å². The zero-order valence-electron chi connectivity index (χ0n) is 59.8. The van der Waals surface area contributed by atoms with Crippen LogP contribution in [0.4, 0.5) is 20.2 Å². The number of anilines is 2. The average Bonchev–Trinajstić information content (AvgIpc) is 1.65. The summed E-state index contributed by atoms with van der Waals surface area (Å²) in [5.74, 6) is 3.68. The molecule has 9 aromatic heterocycles. The first-order valence-electron chi connectivity index (χ1n) is 32.3. The SMILES string of the molecule is CN(C)c1ccnc(-c2[c-]cc(F)cc2F)c1.COc1c[c-]c(-c2cc(N(C)C)ccn2)c(OC)c1.Cc1cccc(C)c1-c1cnc(-c2[c-]n(C)cc2)n1C.Cn1ccnc1-c1[c-]csc1-c1ccccc1.Cn1ccnc1-c1[c-]oc(-c2ccccc2)c1.[Ir].[Ir].[Ir].[c-]1ccccc1-c1ccccn1. The van der Waals surface area contributed by atoms with Crippen molar-refractivity contribution in [2.75, 3.05) is 52.2 Å². The maximum absolute atomic E-state index is 13.5. The maximum Gasteiger partial charge on any atom is 0.0647 e. The van der Waals surface area contributed by atoms with E-state index >= 15 is 0 Å². The van der Waals surface area contributed by atoms with Gasteiger partial charge in [-0.25, -0.2) is 11.3 Å². The van der Waals surface area contributed by atoms with Gasteiger partial charge in [0.25, 0.3) is 0 Å². The van der Waals surface area contributed by atoms with Crippen molar-refractivity contribution in [2.45, 2.75) is 13.8 Å². The monoisotopic (exact) mass is 1950 g/mol. The Balaban J connectivity index is 0.000000176. The smallest absolute Gasteiger partial charge is 0.0647 e. The second kappa shape index (κ2) is 40.1. The van der Waals surface area contributed by atoms with Crippen molar-refractivity contribution in [1.29, 1.82) is 0 Å². The number of aromatic nitrogens is 10. The Morgan fingerprint density at radius 3 is 1.67 bits per heavy atom. The molecule has 21 heteroatoms. The average molecular weight is 1950 g/mol. The molecule has 0 aliphatic rings. The van der Waals surface area contributed by atoms with Crippen LogP contribution in [0.5, 0.6) is 11.5 Å². The van der Waals surface area contributed by atoms with Crippen molar-refractivity contribution in [3.05, 3.63) is 303 Å². The van der Waals surface area contributed by atoms with Crippen LogP contribution in [0.2, 0.25) is 0 Å². The Hall–Kier alpha value is -10.3. The van der Waals surface area contributed by atoms with E-state index in [4.69, 9.17) is 13.9 Å². The van der Waals surface area contributed by atoms with Crippen LogP contribution in [0.3, 0.4) is 0 Å². The number of furan rings is 1. The molecule has 15 aromatic rings. The number of hydrogen-bond donors (Lipinski definition) is 0. The van der Waals surface area contributed by atoms with E-state index in [0.717, 1.165) is 97.2 Å². The predicted molar refractivity (Wildman–Crippen MR) is 405 cm³/mol. The number of nitrogens with zero attached hydrogens (tertiary/aromatic N) is 12. The third-order valence-corrected chi connectivity index (χ3v) is 16.9. The van der Waals surface area contributed by atoms with E-state index in [1.165, 1.54) is 27.1 Å². The molecule has 0 saturated carbocycles. The van der Waals surface area contributed by atoms with Gasteiger partial charge in [-0.1, -0.05) is 160 Å². The first kappa shape index (κ1) is 82.0. The fourth-order valence-corrected chi connectivity index (χ4v) is 11.5. The van der Waals surface area contributed by atoms with E-state index in [2.05, 4.69) is 135 Å². The molecule has 0 spiro atoms. The molecule has 0 unspecified atom stereocenters. The quantitative estimate of drug-likeness (QED) is 0.102. The Kier molecular flexibility index (Phi) is 31.3. The molecule has 6 aromatic carbocycles. The standard InChI is InChI=1S/C17H18N3.C15H17N2O2.C14H11N2O.C14H11N2S.C13H11F2N2.C11H8N.3Ir/c1-12-6-5-7-13(2)16(12)15-10-18-17(20(15)4)14-8-9-19(3)11-14;1-17(2)11-7-8-16-14(9-11)13-6-5-12(18-3)10-15(13)19-4;1-16-8-7-15-14(16)12-9-13(17-10-12)11-5-3-2-4-6-11;1-16-9-8-15-14(16)12-7-10-17-13(12)11-5-3-2-4-6-11;1-17(2)10-5-6-16-13(8-10)11-4-3-9(14)7-12(11)15;1-2-6-10(7-3-1)11-8-4-5-9-12-11;;;/h5-10H,1-4H3;5,7-10H,1-4H3;2-9H,1H3;2-6,8-10H,1H3;3,5-8H,1-2H3;1-6,8-9H;;;/q6*-1;;;. The molecule has 15 nitrogen and oxygen atoms in total. The number of imidazole rings is 3. The molecule has 15 rings (SSSR count). The number of benzene rings is 6. The van der Waals surface area contributed by atoms with Gasteiger partial charge in [0.1, 0.15) is 0 Å². The normalized spacial score (nSPS) is 10.2. The maximum atomic E-state index is 13.5. The molecule has 0 fully saturated rings. The number of pyridine rings is 3. The molecule has 0 N–H and O–H groups in total. The third-order valence-electron chi connectivity index (χ3n) is 16.0. The second-order valence-corrected chi connectivity index (χ2v) is 24.4. The molecular formula is C84H76F2Ir3N12O3S-6. The van der Waals surface area contributed by atoms with Gasteiger partial charge >= 0.3 is 0 Å². The van der Waals surface area contributed by atoms with Gasteiger partial charge < -0.3 is 61.9 Å². The predicted octanol–water partition coefficient (Wildman–Crippen LogP) is 18.3. The fourth-order valence-electron chi connectivity index (χ4n) is 10.6. The van der Waals surface area contributed by atoms with Gasteiger partial charge in [0, 0.05) is 210 Å². The van der Waals surface area contributed by atoms with Gasteiger partial charge in [0.05, 0.1) is 31.6 Å². The number of aryl methyl sites for hydroxylation is 5. The van der Waals surface area contributed by atoms with E-state index in [1.54, 1.807) is 62.5 Å². The molecule has 0 amide bonds. The van der Waals surface area contributed by atoms with Crippen LogP contribution in [0.1, 0.15) is 11.1 Å². The summed E-state index contributed by atoms with van der Waals surface area (Å²) in [6.07, 6.45) is 22.7. The van der Waals surface area contributed by atoms with Crippen LogP contribution in [0, 0.1) is 62.2 Å². The molecule has 3 radical (unpaired) electrons. The molecule has 9 heterocycles. The summed E-state index contributed by atoms with van der Waals surface area (Å²) in [7, 11) is 19.0. The Labute approximate surface area is 658 Å². The van der Waals surface area contributed by atoms with Crippen LogP contribution >= 0.6 is 11.3 Å². The van der Waals surface area contributed by atoms with Crippen LogP contribution in [0.15, 0.2) is 248 Å². The molecular weight excluding hydrogens is 1870 g/mol. The number of rotatable bonds is 13. The summed E-state index contributed by atoms with van der Waals surface area (Å²) in [6.45, 7) is 4.29. The summed E-state index contributed by atoms with van der Waals surface area (Å²) < 4.78 is 50.3. The Morgan fingerprint density at radius 1 is 0.495 bits per heavy atom. The van der Waals surface area contributed by atoms with Crippen LogP contribution < -0.4 is 19.3 Å². The molecule has 0 saturated heterocycles. The number of halogens is 2. The van der Waals surface area contributed by atoms with E-state index in [1.807, 2.05) is 224 Å². The fraction of sp³-hybridized carbons (Fsp3) is 0.143. The molecule has 0 aliphatic carbocycles. The first-order chi connectivity index (χ1) is 49.5. The van der Waals surface area contributed by atoms with Crippen LogP contribution in [0.25, 0.3) is 101 Å². The minimum Gasteiger partial charge on any atom is -0.557 e. The largest absolute Gasteiger partial charge is 0.557 e. The van der Waals surface area contributed by atoms with E-state index in [-0.39, 0.29) is 65.9 Å². The van der Waals surface area contributed by atoms with Crippen molar-refractivity contribution in [1.82, 2.24) is 48.2 Å². The Morgan fingerprint density at radius 2 is 1.10 bits per heavy atom. The molecule has 0 aliphatic heterocycles. The molecule has 0 bridgehead atoms. The van der Waals surface area contributed by atoms with Gasteiger partial charge in [-0.2, -0.15) is 12.1 Å². The topological polar surface area (TPSA) is 135 Å². The van der Waals surface area contributed by atoms with Crippen molar-refractivity contribution < 1.29 is 83.0 Å². The Bertz CT molecular complexity index is 5060. The zero-order chi connectivity index (χ0) is 72.1. The molecule has 105 heavy (non-hydrogen) atoms. The van der Waals surface area contributed by atoms with Crippen molar-refractivity contribution in [3.8, 4) is 112 Å². The van der Waals surface area contributed by atoms with Gasteiger partial charge in [0.2, 0.25) is 0 Å². The summed E-state index contributed by atoms with van der Waals surface area (Å²) in [4.78, 5) is 31.0. The second-order valence-electron chi connectivity index (χ2n) is 23.5. The number of thiophene rings is 1. The van der Waals surface area contributed by atoms with E-state index in [0.29, 0.717) is 17.2 Å². The van der Waals surface area contributed by atoms with Gasteiger partial charge in [0.15, 0.2) is 0 Å². The minimum absolute atomic E-state index is 0. The summed E-state index contributed by atoms with van der Waals surface area (Å²) in [5, 5.41) is 1.99. The minimum atomic E-state index is -0.659. The number of hydrogen-bond acceptors (Lipinski definition) is 12. The third kappa shape index (κ3) is 21.7. The summed E-state index contributed by atoms with van der Waals surface area (Å²) in [6, 6.07) is 69.6. The number of ether oxygens (including phenoxy) is 2. The summed E-state index contributed by atoms with van der Waals surface area (Å²) in [5.41, 5.74) is 16.4. The van der Waals surface area contributed by atoms with Crippen molar-refractivity contribution >= 4 is 22.7 Å². The van der Waals surface area contributed by atoms with Crippen molar-refractivity contribution in [3.63, 3.8) is 0 Å².